The van der Waals surface area contributed by atoms with Crippen molar-refractivity contribution in [2.45, 2.75) is 39.3 Å². The maximum absolute atomic E-state index is 14.1. The Labute approximate surface area is 201 Å². The second-order valence-electron chi connectivity index (χ2n) is 8.83. The number of amides is 1. The number of imidazole rings is 1. The molecular formula is C23H28F2N8O2. The molecule has 35 heavy (non-hydrogen) atoms. The molecule has 0 spiro atoms. The van der Waals surface area contributed by atoms with Crippen molar-refractivity contribution in [2.24, 2.45) is 0 Å². The zero-order valence-electron chi connectivity index (χ0n) is 19.9. The van der Waals surface area contributed by atoms with E-state index in [-0.39, 0.29) is 24.0 Å². The second kappa shape index (κ2) is 9.33. The van der Waals surface area contributed by atoms with Gasteiger partial charge in [0.1, 0.15) is 0 Å². The quantitative estimate of drug-likeness (QED) is 0.555. The summed E-state index contributed by atoms with van der Waals surface area (Å²) in [4.78, 5) is 35.7. The van der Waals surface area contributed by atoms with Gasteiger partial charge in [-0.05, 0) is 26.0 Å². The van der Waals surface area contributed by atoms with Crippen LogP contribution in [-0.2, 0) is 9.53 Å². The molecule has 186 valence electrons. The van der Waals surface area contributed by atoms with Crippen LogP contribution in [0.15, 0.2) is 24.3 Å². The number of hydrogen-bond donors (Lipinski definition) is 0. The maximum Gasteiger partial charge on any atom is 0.296 e. The number of anilines is 2. The summed E-state index contributed by atoms with van der Waals surface area (Å²) in [6.07, 6.45) is -2.86. The largest absolute Gasteiger partial charge is 0.375 e. The molecule has 2 aliphatic rings. The first kappa shape index (κ1) is 23.3. The molecule has 0 radical (unpaired) electrons. The molecule has 2 aromatic heterocycles. The predicted octanol–water partition coefficient (Wildman–Crippen LogP) is 2.43. The smallest absolute Gasteiger partial charge is 0.296 e. The summed E-state index contributed by atoms with van der Waals surface area (Å²) in [5.74, 6) is 0.481. The van der Waals surface area contributed by atoms with E-state index in [0.717, 1.165) is 0 Å². The van der Waals surface area contributed by atoms with Gasteiger partial charge >= 0.3 is 0 Å². The van der Waals surface area contributed by atoms with Gasteiger partial charge in [-0.3, -0.25) is 9.36 Å². The van der Waals surface area contributed by atoms with Crippen LogP contribution < -0.4 is 9.80 Å². The van der Waals surface area contributed by atoms with Crippen molar-refractivity contribution in [3.05, 3.63) is 30.1 Å². The van der Waals surface area contributed by atoms with Crippen molar-refractivity contribution in [3.8, 4) is 5.95 Å². The van der Waals surface area contributed by atoms with Gasteiger partial charge in [0.05, 0.1) is 29.8 Å². The number of piperazine rings is 1. The molecule has 2 aliphatic heterocycles. The highest BCUT2D eigenvalue weighted by Gasteiger charge is 2.31. The highest BCUT2D eigenvalue weighted by molar-refractivity contribution is 5.77. The minimum atomic E-state index is -2.81. The van der Waals surface area contributed by atoms with E-state index in [9.17, 15) is 13.6 Å². The average molecular weight is 487 g/mol. The molecule has 0 saturated carbocycles. The summed E-state index contributed by atoms with van der Waals surface area (Å²) >= 11 is 0. The lowest BCUT2D eigenvalue weighted by molar-refractivity contribution is -0.129. The van der Waals surface area contributed by atoms with Crippen LogP contribution >= 0.6 is 0 Å². The molecule has 5 rings (SSSR count). The van der Waals surface area contributed by atoms with Gasteiger partial charge in [-0.2, -0.15) is 15.0 Å². The Balaban J connectivity index is 1.63. The second-order valence-corrected chi connectivity index (χ2v) is 8.83. The highest BCUT2D eigenvalue weighted by Crippen LogP contribution is 2.29. The third-order valence-electron chi connectivity index (χ3n) is 6.73. The summed E-state index contributed by atoms with van der Waals surface area (Å²) in [5.41, 5.74) is 0.936. The van der Waals surface area contributed by atoms with Crippen molar-refractivity contribution in [2.75, 3.05) is 49.1 Å². The fourth-order valence-electron chi connectivity index (χ4n) is 4.55. The molecule has 4 heterocycles. The van der Waals surface area contributed by atoms with Crippen molar-refractivity contribution in [1.82, 2.24) is 29.4 Å². The standard InChI is InChI=1S/C23H28F2N8O2/c1-14-15(2)35-13-12-32(14)22-27-21(31-10-8-30(9-11-31)16(3)34)28-23(29-22)33-18-7-5-4-6-17(18)26-20(33)19(24)25/h4-7,14-15,19H,8-13H2,1-3H3/t14-,15-/m1/s1. The number of ether oxygens (including phenoxy) is 1. The van der Waals surface area contributed by atoms with E-state index < -0.39 is 12.2 Å². The summed E-state index contributed by atoms with van der Waals surface area (Å²) in [7, 11) is 0. The highest BCUT2D eigenvalue weighted by atomic mass is 19.3. The molecule has 2 saturated heterocycles. The van der Waals surface area contributed by atoms with Gasteiger partial charge in [0, 0.05) is 39.6 Å². The number of fused-ring (bicyclic) bond motifs is 1. The van der Waals surface area contributed by atoms with Crippen LogP contribution in [0.3, 0.4) is 0 Å². The molecule has 3 aromatic rings. The Morgan fingerprint density at radius 1 is 0.971 bits per heavy atom. The van der Waals surface area contributed by atoms with Crippen LogP contribution in [0.2, 0.25) is 0 Å². The van der Waals surface area contributed by atoms with E-state index in [1.165, 1.54) is 4.57 Å². The lowest BCUT2D eigenvalue weighted by atomic mass is 10.1. The van der Waals surface area contributed by atoms with E-state index >= 15 is 0 Å². The minimum absolute atomic E-state index is 0.0178. The molecule has 12 heteroatoms. The summed E-state index contributed by atoms with van der Waals surface area (Å²) in [6, 6.07) is 6.92. The first-order valence-corrected chi connectivity index (χ1v) is 11.7. The summed E-state index contributed by atoms with van der Waals surface area (Å²) < 4.78 is 35.2. The van der Waals surface area contributed by atoms with Gasteiger partial charge < -0.3 is 19.4 Å². The number of carbonyl (C=O) groups excluding carboxylic acids is 1. The summed E-state index contributed by atoms with van der Waals surface area (Å²) in [6.45, 7) is 8.77. The molecule has 10 nitrogen and oxygen atoms in total. The minimum Gasteiger partial charge on any atom is -0.375 e. The zero-order chi connectivity index (χ0) is 24.7. The number of hydrogen-bond acceptors (Lipinski definition) is 8. The Hall–Kier alpha value is -3.41. The number of para-hydroxylation sites is 2. The number of nitrogens with zero attached hydrogens (tertiary/aromatic N) is 8. The third-order valence-corrected chi connectivity index (χ3v) is 6.73. The molecule has 2 atom stereocenters. The molecule has 0 unspecified atom stereocenters. The Bertz CT molecular complexity index is 1230. The number of alkyl halides is 2. The summed E-state index contributed by atoms with van der Waals surface area (Å²) in [5, 5.41) is 0. The monoisotopic (exact) mass is 486 g/mol. The Kier molecular flexibility index (Phi) is 6.22. The SMILES string of the molecule is CC(=O)N1CCN(c2nc(N3CCO[C@H](C)[C@H]3C)nc(-n3c(C(F)F)nc4ccccc43)n2)CC1. The first-order valence-electron chi connectivity index (χ1n) is 11.7. The predicted molar refractivity (Wildman–Crippen MR) is 126 cm³/mol. The van der Waals surface area contributed by atoms with Gasteiger partial charge in [0.15, 0.2) is 5.82 Å². The van der Waals surface area contributed by atoms with Gasteiger partial charge in [-0.25, -0.2) is 13.8 Å². The fraction of sp³-hybridized carbons (Fsp3) is 0.522. The third kappa shape index (κ3) is 4.38. The van der Waals surface area contributed by atoms with Crippen LogP contribution in [0.25, 0.3) is 17.0 Å². The van der Waals surface area contributed by atoms with Crippen molar-refractivity contribution >= 4 is 28.8 Å². The van der Waals surface area contributed by atoms with Gasteiger partial charge in [-0.15, -0.1) is 0 Å². The van der Waals surface area contributed by atoms with E-state index in [1.807, 2.05) is 23.6 Å². The molecular weight excluding hydrogens is 458 g/mol. The van der Waals surface area contributed by atoms with Crippen molar-refractivity contribution < 1.29 is 18.3 Å². The van der Waals surface area contributed by atoms with E-state index in [1.54, 1.807) is 36.1 Å². The van der Waals surface area contributed by atoms with Crippen molar-refractivity contribution in [3.63, 3.8) is 0 Å². The normalized spacial score (nSPS) is 21.3. The van der Waals surface area contributed by atoms with Crippen LogP contribution in [0.4, 0.5) is 20.7 Å². The van der Waals surface area contributed by atoms with Crippen LogP contribution in [0.1, 0.15) is 33.0 Å². The Morgan fingerprint density at radius 3 is 2.37 bits per heavy atom. The molecule has 1 amide bonds. The zero-order valence-corrected chi connectivity index (χ0v) is 19.9. The fourth-order valence-corrected chi connectivity index (χ4v) is 4.55. The lowest BCUT2D eigenvalue weighted by Gasteiger charge is -2.38. The van der Waals surface area contributed by atoms with Gasteiger partial charge in [0.25, 0.3) is 6.43 Å². The number of benzene rings is 1. The number of rotatable bonds is 4. The molecule has 0 N–H and O–H groups in total. The van der Waals surface area contributed by atoms with E-state index in [0.29, 0.717) is 62.3 Å². The van der Waals surface area contributed by atoms with E-state index in [4.69, 9.17) is 9.72 Å². The maximum atomic E-state index is 14.1. The topological polar surface area (TPSA) is 92.5 Å². The number of morpholine rings is 1. The molecule has 1 aromatic carbocycles. The molecule has 2 fully saturated rings. The van der Waals surface area contributed by atoms with Crippen LogP contribution in [0.5, 0.6) is 0 Å². The first-order chi connectivity index (χ1) is 16.8. The molecule has 0 bridgehead atoms. The van der Waals surface area contributed by atoms with Crippen LogP contribution in [-0.4, -0.2) is 86.8 Å². The van der Waals surface area contributed by atoms with Crippen molar-refractivity contribution in [1.29, 1.82) is 0 Å². The van der Waals surface area contributed by atoms with E-state index in [2.05, 4.69) is 15.0 Å². The Morgan fingerprint density at radius 2 is 1.66 bits per heavy atom. The van der Waals surface area contributed by atoms with Crippen LogP contribution in [0, 0.1) is 0 Å². The van der Waals surface area contributed by atoms with Gasteiger partial charge in [0.2, 0.25) is 23.8 Å². The number of aromatic nitrogens is 5. The number of carbonyl (C=O) groups is 1. The molecule has 0 aliphatic carbocycles. The number of halogens is 2. The lowest BCUT2D eigenvalue weighted by Crippen LogP contribution is -2.50. The van der Waals surface area contributed by atoms with Gasteiger partial charge in [-0.1, -0.05) is 12.1 Å². The average Bonchev–Trinajstić information content (AvgIpc) is 3.26.